The molecule has 0 bridgehead atoms. The fourth-order valence-electron chi connectivity index (χ4n) is 1.34. The summed E-state index contributed by atoms with van der Waals surface area (Å²) < 4.78 is 0. The molecule has 4 heteroatoms. The van der Waals surface area contributed by atoms with Crippen LogP contribution in [-0.2, 0) is 0 Å². The number of hydrogen-bond donors (Lipinski definition) is 0. The summed E-state index contributed by atoms with van der Waals surface area (Å²) in [4.78, 5) is 8.71. The van der Waals surface area contributed by atoms with Crippen LogP contribution < -0.4 is 0 Å². The third-order valence-electron chi connectivity index (χ3n) is 2.37. The van der Waals surface area contributed by atoms with Crippen molar-refractivity contribution < 1.29 is 0 Å². The minimum absolute atomic E-state index is 0.364. The Morgan fingerprint density at radius 2 is 1.86 bits per heavy atom. The number of rotatable bonds is 2. The van der Waals surface area contributed by atoms with E-state index in [0.29, 0.717) is 6.54 Å². The standard InChI is InChI=1S/C10H18N4/c1-10(2,7-11)8-12-9-13(3)5-6-14(9)4/h5-6,8H2,1-4H3. The number of likely N-dealkylation sites (N-methyl/N-ethyl adjacent to an activating group) is 2. The third kappa shape index (κ3) is 2.38. The first-order valence-electron chi connectivity index (χ1n) is 4.84. The van der Waals surface area contributed by atoms with Crippen molar-refractivity contribution in [2.45, 2.75) is 13.8 Å². The molecule has 1 aliphatic heterocycles. The Hall–Kier alpha value is -1.24. The van der Waals surface area contributed by atoms with Crippen LogP contribution in [0.1, 0.15) is 13.8 Å². The summed E-state index contributed by atoms with van der Waals surface area (Å²) in [6.45, 7) is 6.41. The van der Waals surface area contributed by atoms with Crippen LogP contribution in [0.25, 0.3) is 0 Å². The average Bonchev–Trinajstić information content (AvgIpc) is 2.44. The fraction of sp³-hybridized carbons (Fsp3) is 0.800. The first kappa shape index (κ1) is 10.8. The molecule has 1 rings (SSSR count). The van der Waals surface area contributed by atoms with Gasteiger partial charge in [0.1, 0.15) is 0 Å². The van der Waals surface area contributed by atoms with Crippen LogP contribution in [0.15, 0.2) is 4.99 Å². The lowest BCUT2D eigenvalue weighted by Gasteiger charge is -2.18. The molecule has 1 heterocycles. The Balaban J connectivity index is 2.65. The summed E-state index contributed by atoms with van der Waals surface area (Å²) in [5.41, 5.74) is -0.364. The predicted octanol–water partition coefficient (Wildman–Crippen LogP) is 0.769. The lowest BCUT2D eigenvalue weighted by atomic mass is 9.96. The van der Waals surface area contributed by atoms with E-state index in [4.69, 9.17) is 5.26 Å². The van der Waals surface area contributed by atoms with Crippen molar-refractivity contribution in [2.75, 3.05) is 33.7 Å². The van der Waals surface area contributed by atoms with E-state index >= 15 is 0 Å². The highest BCUT2D eigenvalue weighted by Crippen LogP contribution is 2.14. The second-order valence-corrected chi connectivity index (χ2v) is 4.46. The van der Waals surface area contributed by atoms with Crippen molar-refractivity contribution >= 4 is 5.96 Å². The zero-order chi connectivity index (χ0) is 10.8. The summed E-state index contributed by atoms with van der Waals surface area (Å²) in [5.74, 6) is 0.994. The Labute approximate surface area is 85.8 Å². The number of guanidine groups is 1. The SMILES string of the molecule is CN1CCN(C)C1=NCC(C)(C)C#N. The molecule has 0 aromatic rings. The minimum Gasteiger partial charge on any atom is -0.344 e. The van der Waals surface area contributed by atoms with Gasteiger partial charge in [-0.2, -0.15) is 5.26 Å². The smallest absolute Gasteiger partial charge is 0.196 e. The fourth-order valence-corrected chi connectivity index (χ4v) is 1.34. The van der Waals surface area contributed by atoms with Gasteiger partial charge in [-0.15, -0.1) is 0 Å². The molecule has 0 atom stereocenters. The summed E-state index contributed by atoms with van der Waals surface area (Å²) in [7, 11) is 4.06. The zero-order valence-corrected chi connectivity index (χ0v) is 9.41. The van der Waals surface area contributed by atoms with Gasteiger partial charge in [0.25, 0.3) is 0 Å². The number of nitriles is 1. The largest absolute Gasteiger partial charge is 0.344 e. The van der Waals surface area contributed by atoms with Gasteiger partial charge in [0.05, 0.1) is 18.0 Å². The molecule has 0 radical (unpaired) electrons. The number of hydrogen-bond acceptors (Lipinski definition) is 2. The minimum atomic E-state index is -0.364. The summed E-state index contributed by atoms with van der Waals surface area (Å²) in [6.07, 6.45) is 0. The van der Waals surface area contributed by atoms with E-state index < -0.39 is 0 Å². The lowest BCUT2D eigenvalue weighted by Crippen LogP contribution is -2.29. The van der Waals surface area contributed by atoms with Crippen molar-refractivity contribution in [3.63, 3.8) is 0 Å². The molecule has 0 amide bonds. The van der Waals surface area contributed by atoms with E-state index in [0.717, 1.165) is 19.0 Å². The highest BCUT2D eigenvalue weighted by Gasteiger charge is 2.22. The molecule has 14 heavy (non-hydrogen) atoms. The molecule has 0 aliphatic carbocycles. The predicted molar refractivity (Wildman–Crippen MR) is 57.0 cm³/mol. The van der Waals surface area contributed by atoms with Gasteiger partial charge < -0.3 is 9.80 Å². The van der Waals surface area contributed by atoms with Crippen LogP contribution >= 0.6 is 0 Å². The molecule has 1 fully saturated rings. The molecule has 0 aromatic carbocycles. The van der Waals surface area contributed by atoms with Crippen molar-refractivity contribution in [3.8, 4) is 6.07 Å². The molecule has 0 N–H and O–H groups in total. The number of nitrogens with zero attached hydrogens (tertiary/aromatic N) is 4. The van der Waals surface area contributed by atoms with Crippen molar-refractivity contribution in [1.82, 2.24) is 9.80 Å². The molecule has 1 aliphatic rings. The van der Waals surface area contributed by atoms with Crippen molar-refractivity contribution in [2.24, 2.45) is 10.4 Å². The van der Waals surface area contributed by atoms with Crippen LogP contribution in [-0.4, -0.2) is 49.5 Å². The molecular formula is C10H18N4. The van der Waals surface area contributed by atoms with Gasteiger partial charge in [-0.1, -0.05) is 0 Å². The van der Waals surface area contributed by atoms with Gasteiger partial charge in [-0.3, -0.25) is 4.99 Å². The second kappa shape index (κ2) is 3.87. The van der Waals surface area contributed by atoms with Crippen LogP contribution in [0.2, 0.25) is 0 Å². The maximum atomic E-state index is 8.85. The van der Waals surface area contributed by atoms with E-state index in [1.54, 1.807) is 0 Å². The monoisotopic (exact) mass is 194 g/mol. The third-order valence-corrected chi connectivity index (χ3v) is 2.37. The lowest BCUT2D eigenvalue weighted by molar-refractivity contribution is 0.493. The topological polar surface area (TPSA) is 42.6 Å². The van der Waals surface area contributed by atoms with Gasteiger partial charge in [0.15, 0.2) is 5.96 Å². The van der Waals surface area contributed by atoms with E-state index in [-0.39, 0.29) is 5.41 Å². The van der Waals surface area contributed by atoms with Gasteiger partial charge >= 0.3 is 0 Å². The first-order valence-corrected chi connectivity index (χ1v) is 4.84. The maximum Gasteiger partial charge on any atom is 0.196 e. The van der Waals surface area contributed by atoms with E-state index in [9.17, 15) is 0 Å². The Kier molecular flexibility index (Phi) is 3.00. The van der Waals surface area contributed by atoms with Crippen LogP contribution in [0.4, 0.5) is 0 Å². The van der Waals surface area contributed by atoms with E-state index in [2.05, 4.69) is 20.9 Å². The van der Waals surface area contributed by atoms with Crippen LogP contribution in [0, 0.1) is 16.7 Å². The zero-order valence-electron chi connectivity index (χ0n) is 9.41. The van der Waals surface area contributed by atoms with Crippen LogP contribution in [0.5, 0.6) is 0 Å². The quantitative estimate of drug-likeness (QED) is 0.652. The molecular weight excluding hydrogens is 176 g/mol. The van der Waals surface area contributed by atoms with Gasteiger partial charge in [0.2, 0.25) is 0 Å². The van der Waals surface area contributed by atoms with Crippen molar-refractivity contribution in [3.05, 3.63) is 0 Å². The second-order valence-electron chi connectivity index (χ2n) is 4.46. The maximum absolute atomic E-state index is 8.85. The molecule has 0 aromatic heterocycles. The average molecular weight is 194 g/mol. The highest BCUT2D eigenvalue weighted by atomic mass is 15.4. The Morgan fingerprint density at radius 3 is 2.29 bits per heavy atom. The van der Waals surface area contributed by atoms with Crippen LogP contribution in [0.3, 0.4) is 0 Å². The molecule has 4 nitrogen and oxygen atoms in total. The summed E-state index contributed by atoms with van der Waals surface area (Å²) >= 11 is 0. The van der Waals surface area contributed by atoms with E-state index in [1.165, 1.54) is 0 Å². The highest BCUT2D eigenvalue weighted by molar-refractivity contribution is 5.81. The Bertz CT molecular complexity index is 262. The van der Waals surface area contributed by atoms with Gasteiger partial charge in [-0.05, 0) is 13.8 Å². The van der Waals surface area contributed by atoms with Crippen molar-refractivity contribution in [1.29, 1.82) is 5.26 Å². The molecule has 0 unspecified atom stereocenters. The van der Waals surface area contributed by atoms with Gasteiger partial charge in [0, 0.05) is 27.2 Å². The first-order chi connectivity index (χ1) is 6.46. The number of aliphatic imine (C=N–C) groups is 1. The normalized spacial score (nSPS) is 17.2. The molecule has 78 valence electrons. The van der Waals surface area contributed by atoms with E-state index in [1.807, 2.05) is 27.9 Å². The summed E-state index contributed by atoms with van der Waals surface area (Å²) in [6, 6.07) is 2.25. The molecule has 1 saturated heterocycles. The van der Waals surface area contributed by atoms with Gasteiger partial charge in [-0.25, -0.2) is 0 Å². The Morgan fingerprint density at radius 1 is 1.36 bits per heavy atom. The molecule has 0 saturated carbocycles. The molecule has 0 spiro atoms. The summed E-state index contributed by atoms with van der Waals surface area (Å²) in [5, 5.41) is 8.85.